The predicted octanol–water partition coefficient (Wildman–Crippen LogP) is 4.43. The lowest BCUT2D eigenvalue weighted by molar-refractivity contribution is -0.139. The first-order chi connectivity index (χ1) is 21.7. The molecule has 0 spiro atoms. The van der Waals surface area contributed by atoms with Gasteiger partial charge in [0.2, 0.25) is 24.4 Å². The number of likely N-dealkylation sites (tertiary alicyclic amines) is 1. The average molecular weight is 615 g/mol. The second-order valence-corrected chi connectivity index (χ2v) is 12.5. The van der Waals surface area contributed by atoms with Crippen LogP contribution in [0.15, 0.2) is 60.7 Å². The maximum atomic E-state index is 14.8. The lowest BCUT2D eigenvalue weighted by Crippen LogP contribution is -2.51. The first kappa shape index (κ1) is 29.3. The van der Waals surface area contributed by atoms with E-state index in [0.29, 0.717) is 52.8 Å². The first-order valence-corrected chi connectivity index (χ1v) is 15.5. The van der Waals surface area contributed by atoms with Gasteiger partial charge in [-0.15, -0.1) is 0 Å². The number of hydrogen-bond donors (Lipinski definition) is 2. The highest BCUT2D eigenvalue weighted by atomic mass is 16.7. The van der Waals surface area contributed by atoms with Gasteiger partial charge in [-0.25, -0.2) is 0 Å². The molecule has 45 heavy (non-hydrogen) atoms. The van der Waals surface area contributed by atoms with Crippen molar-refractivity contribution in [2.45, 2.75) is 56.4 Å². The Kier molecular flexibility index (Phi) is 7.07. The number of hydrogen-bond acceptors (Lipinski definition) is 8. The van der Waals surface area contributed by atoms with Gasteiger partial charge in [-0.3, -0.25) is 9.59 Å². The molecule has 2 unspecified atom stereocenters. The molecule has 1 saturated carbocycles. The Morgan fingerprint density at radius 2 is 1.78 bits per heavy atom. The lowest BCUT2D eigenvalue weighted by Gasteiger charge is -2.41. The normalized spacial score (nSPS) is 27.6. The second-order valence-electron chi connectivity index (χ2n) is 12.5. The number of carbonyl (C=O) groups is 2. The van der Waals surface area contributed by atoms with E-state index in [-0.39, 0.29) is 30.9 Å². The van der Waals surface area contributed by atoms with Crippen molar-refractivity contribution in [2.75, 3.05) is 27.6 Å². The molecule has 0 bridgehead atoms. The summed E-state index contributed by atoms with van der Waals surface area (Å²) >= 11 is 0. The van der Waals surface area contributed by atoms with Crippen LogP contribution in [0.3, 0.4) is 0 Å². The minimum atomic E-state index is -1.72. The largest absolute Gasteiger partial charge is 0.497 e. The average Bonchev–Trinajstić information content (AvgIpc) is 3.81. The summed E-state index contributed by atoms with van der Waals surface area (Å²) in [6.07, 6.45) is 1.05. The number of nitrogens with zero attached hydrogens (tertiary/aromatic N) is 1. The monoisotopic (exact) mass is 614 g/mol. The van der Waals surface area contributed by atoms with Crippen LogP contribution >= 0.6 is 0 Å². The van der Waals surface area contributed by atoms with E-state index in [2.05, 4.69) is 5.32 Å². The Morgan fingerprint density at radius 3 is 2.47 bits per heavy atom. The van der Waals surface area contributed by atoms with Crippen LogP contribution in [0.1, 0.15) is 55.7 Å². The van der Waals surface area contributed by atoms with Crippen molar-refractivity contribution < 1.29 is 38.4 Å². The smallest absolute Gasteiger partial charge is 0.231 e. The Labute approximate surface area is 262 Å². The van der Waals surface area contributed by atoms with E-state index in [1.54, 1.807) is 18.1 Å². The van der Waals surface area contributed by atoms with Gasteiger partial charge in [-0.2, -0.15) is 0 Å². The van der Waals surface area contributed by atoms with E-state index >= 15 is 0 Å². The van der Waals surface area contributed by atoms with Crippen molar-refractivity contribution in [3.05, 3.63) is 77.4 Å². The first-order valence-electron chi connectivity index (χ1n) is 15.5. The van der Waals surface area contributed by atoms with Crippen LogP contribution in [0.2, 0.25) is 0 Å². The topological polar surface area (TPSA) is 116 Å². The van der Waals surface area contributed by atoms with Gasteiger partial charge in [0.05, 0.1) is 25.7 Å². The third-order valence-electron chi connectivity index (χ3n) is 9.81. The van der Waals surface area contributed by atoms with Gasteiger partial charge in [0.25, 0.3) is 0 Å². The lowest BCUT2D eigenvalue weighted by atomic mass is 9.70. The van der Waals surface area contributed by atoms with Gasteiger partial charge in [-0.05, 0) is 42.5 Å². The van der Waals surface area contributed by atoms with Crippen molar-refractivity contribution in [2.24, 2.45) is 11.8 Å². The van der Waals surface area contributed by atoms with Crippen LogP contribution in [0.25, 0.3) is 0 Å². The number of rotatable bonds is 7. The highest BCUT2D eigenvalue weighted by Gasteiger charge is 2.74. The molecule has 3 aromatic rings. The molecule has 5 atom stereocenters. The van der Waals surface area contributed by atoms with Crippen LogP contribution in [-0.4, -0.2) is 55.5 Å². The minimum absolute atomic E-state index is 0.0167. The van der Waals surface area contributed by atoms with Gasteiger partial charge in [0, 0.05) is 24.4 Å². The van der Waals surface area contributed by atoms with Crippen LogP contribution in [0.4, 0.5) is 0 Å². The standard InChI is InChI=1S/C35H38N2O8/c1-20(2)32(38)36-27-11-8-16-37(27)33(39)24-18-34(40)29-25(17-26-30(31(29)42-4)44-19-43-26)45-35(34,22-12-14-23(41-3)15-13-22)28(24)21-9-6-5-7-10-21/h5-7,9-10,12-15,17,20,24,27-28,40H,8,11,16,18-19H2,1-4H3,(H,36,38)/t24?,27?,28-,34-,35+/m1/s1. The Hall–Kier alpha value is -4.44. The van der Waals surface area contributed by atoms with E-state index in [9.17, 15) is 14.7 Å². The Balaban J connectivity index is 1.43. The number of benzene rings is 3. The minimum Gasteiger partial charge on any atom is -0.497 e. The molecule has 0 aromatic heterocycles. The molecule has 1 aliphatic carbocycles. The summed E-state index contributed by atoms with van der Waals surface area (Å²) < 4.78 is 29.9. The molecular weight excluding hydrogens is 576 g/mol. The third-order valence-corrected chi connectivity index (χ3v) is 9.81. The highest BCUT2D eigenvalue weighted by molar-refractivity contribution is 5.84. The fourth-order valence-electron chi connectivity index (χ4n) is 7.79. The third kappa shape index (κ3) is 4.25. The fourth-order valence-corrected chi connectivity index (χ4v) is 7.79. The fraction of sp³-hybridized carbons (Fsp3) is 0.429. The van der Waals surface area contributed by atoms with E-state index in [1.165, 1.54) is 7.11 Å². The summed E-state index contributed by atoms with van der Waals surface area (Å²) in [7, 11) is 3.12. The molecule has 3 aliphatic heterocycles. The Bertz CT molecular complexity index is 1630. The summed E-state index contributed by atoms with van der Waals surface area (Å²) in [4.78, 5) is 29.3. The zero-order chi connectivity index (χ0) is 31.5. The van der Waals surface area contributed by atoms with Crippen molar-refractivity contribution in [1.29, 1.82) is 0 Å². The molecule has 3 aromatic carbocycles. The van der Waals surface area contributed by atoms with Crippen molar-refractivity contribution in [3.63, 3.8) is 0 Å². The summed E-state index contributed by atoms with van der Waals surface area (Å²) in [5.74, 6) is 0.435. The van der Waals surface area contributed by atoms with Gasteiger partial charge in [-0.1, -0.05) is 56.3 Å². The molecule has 2 amide bonds. The summed E-state index contributed by atoms with van der Waals surface area (Å²) in [6, 6.07) is 18.9. The second kappa shape index (κ2) is 10.9. The number of fused-ring (bicyclic) bond motifs is 4. The molecule has 3 heterocycles. The maximum absolute atomic E-state index is 14.8. The highest BCUT2D eigenvalue weighted by Crippen LogP contribution is 2.71. The van der Waals surface area contributed by atoms with Crippen LogP contribution in [0, 0.1) is 11.8 Å². The van der Waals surface area contributed by atoms with Gasteiger partial charge < -0.3 is 39.0 Å². The number of amides is 2. The van der Waals surface area contributed by atoms with Crippen LogP contribution in [0.5, 0.6) is 28.7 Å². The molecule has 236 valence electrons. The number of ether oxygens (including phenoxy) is 5. The molecule has 4 aliphatic rings. The molecule has 2 N–H and O–H groups in total. The van der Waals surface area contributed by atoms with Gasteiger partial charge in [0.15, 0.2) is 17.1 Å². The van der Waals surface area contributed by atoms with Gasteiger partial charge in [0.1, 0.15) is 23.3 Å². The predicted molar refractivity (Wildman–Crippen MR) is 163 cm³/mol. The van der Waals surface area contributed by atoms with Crippen LogP contribution < -0.4 is 29.0 Å². The zero-order valence-corrected chi connectivity index (χ0v) is 25.9. The van der Waals surface area contributed by atoms with Crippen molar-refractivity contribution >= 4 is 11.8 Å². The van der Waals surface area contributed by atoms with Crippen LogP contribution in [-0.2, 0) is 20.8 Å². The zero-order valence-electron chi connectivity index (χ0n) is 25.9. The summed E-state index contributed by atoms with van der Waals surface area (Å²) in [5.41, 5.74) is -1.22. The van der Waals surface area contributed by atoms with E-state index < -0.39 is 29.2 Å². The van der Waals surface area contributed by atoms with Gasteiger partial charge >= 0.3 is 0 Å². The Morgan fingerprint density at radius 1 is 1.02 bits per heavy atom. The van der Waals surface area contributed by atoms with E-state index in [4.69, 9.17) is 23.7 Å². The molecule has 10 nitrogen and oxygen atoms in total. The van der Waals surface area contributed by atoms with E-state index in [1.807, 2.05) is 68.4 Å². The number of methoxy groups -OCH3 is 2. The molecule has 7 rings (SSSR count). The number of carbonyl (C=O) groups excluding carboxylic acids is 2. The number of aliphatic hydroxyl groups is 1. The molecular formula is C35H38N2O8. The maximum Gasteiger partial charge on any atom is 0.231 e. The molecule has 0 radical (unpaired) electrons. The molecule has 2 fully saturated rings. The van der Waals surface area contributed by atoms with Crippen molar-refractivity contribution in [3.8, 4) is 28.7 Å². The van der Waals surface area contributed by atoms with E-state index in [0.717, 1.165) is 12.0 Å². The quantitative estimate of drug-likeness (QED) is 0.402. The molecule has 1 saturated heterocycles. The summed E-state index contributed by atoms with van der Waals surface area (Å²) in [6.45, 7) is 4.19. The van der Waals surface area contributed by atoms with Crippen molar-refractivity contribution in [1.82, 2.24) is 10.2 Å². The molecule has 10 heteroatoms. The SMILES string of the molecule is COc1ccc([C@@]23Oc4cc5c(c(OC)c4[C@]2(O)CC(C(=O)N2CCCC2NC(=O)C(C)C)[C@H]3c2ccccc2)OCO5)cc1. The summed E-state index contributed by atoms with van der Waals surface area (Å²) in [5, 5.41) is 16.3. The number of nitrogens with one attached hydrogen (secondary N) is 1.